The molecule has 2 rings (SSSR count). The lowest BCUT2D eigenvalue weighted by Crippen LogP contribution is -2.48. The second-order valence-electron chi connectivity index (χ2n) is 4.48. The van der Waals surface area contributed by atoms with Crippen molar-refractivity contribution in [1.29, 1.82) is 0 Å². The van der Waals surface area contributed by atoms with Crippen LogP contribution in [0, 0.1) is 0 Å². The van der Waals surface area contributed by atoms with E-state index in [1.165, 1.54) is 11.0 Å². The van der Waals surface area contributed by atoms with Crippen molar-refractivity contribution in [3.05, 3.63) is 27.2 Å². The Labute approximate surface area is 132 Å². The van der Waals surface area contributed by atoms with Gasteiger partial charge in [0.05, 0.1) is 16.3 Å². The number of nitrogens with one attached hydrogen (secondary N) is 2. The van der Waals surface area contributed by atoms with Crippen molar-refractivity contribution < 1.29 is 18.0 Å². The molecule has 0 unspecified atom stereocenters. The zero-order valence-corrected chi connectivity index (χ0v) is 13.1. The highest BCUT2D eigenvalue weighted by atomic mass is 79.9. The van der Waals surface area contributed by atoms with Gasteiger partial charge in [-0.15, -0.1) is 0 Å². The van der Waals surface area contributed by atoms with Crippen LogP contribution in [-0.4, -0.2) is 37.1 Å². The molecule has 1 fully saturated rings. The monoisotopic (exact) mass is 385 g/mol. The molecule has 1 aliphatic rings. The van der Waals surface area contributed by atoms with Crippen LogP contribution in [0.1, 0.15) is 5.56 Å². The molecule has 1 saturated heterocycles. The van der Waals surface area contributed by atoms with Gasteiger partial charge in [0.25, 0.3) is 0 Å². The molecule has 1 aromatic rings. The summed E-state index contributed by atoms with van der Waals surface area (Å²) in [6.45, 7) is 2.07. The van der Waals surface area contributed by atoms with Gasteiger partial charge >= 0.3 is 12.2 Å². The predicted octanol–water partition coefficient (Wildman–Crippen LogP) is 3.56. The smallest absolute Gasteiger partial charge is 0.322 e. The molecule has 0 aliphatic carbocycles. The quantitative estimate of drug-likeness (QED) is 0.775. The van der Waals surface area contributed by atoms with Crippen LogP contribution in [0.4, 0.5) is 23.7 Å². The minimum Gasteiger partial charge on any atom is -0.322 e. The fraction of sp³-hybridized carbons (Fsp3) is 0.417. The van der Waals surface area contributed by atoms with E-state index in [0.717, 1.165) is 6.07 Å². The summed E-state index contributed by atoms with van der Waals surface area (Å²) in [7, 11) is 0. The fourth-order valence-electron chi connectivity index (χ4n) is 1.98. The van der Waals surface area contributed by atoms with Crippen molar-refractivity contribution in [2.75, 3.05) is 31.5 Å². The van der Waals surface area contributed by atoms with Crippen molar-refractivity contribution in [1.82, 2.24) is 10.2 Å². The van der Waals surface area contributed by atoms with Crippen LogP contribution < -0.4 is 10.6 Å². The molecular weight excluding hydrogens is 375 g/mol. The Hall–Kier alpha value is -0.990. The van der Waals surface area contributed by atoms with Gasteiger partial charge in [0.1, 0.15) is 0 Å². The number of alkyl halides is 3. The largest absolute Gasteiger partial charge is 0.418 e. The van der Waals surface area contributed by atoms with Crippen molar-refractivity contribution in [2.24, 2.45) is 0 Å². The van der Waals surface area contributed by atoms with Gasteiger partial charge in [0.15, 0.2) is 0 Å². The molecule has 1 aliphatic heterocycles. The number of benzene rings is 1. The van der Waals surface area contributed by atoms with E-state index >= 15 is 0 Å². The number of hydrogen-bond acceptors (Lipinski definition) is 2. The van der Waals surface area contributed by atoms with Crippen LogP contribution in [0.5, 0.6) is 0 Å². The molecule has 0 atom stereocenters. The number of hydrogen-bond donors (Lipinski definition) is 2. The molecular formula is C12H12BrClF3N3O. The maximum Gasteiger partial charge on any atom is 0.418 e. The molecule has 0 bridgehead atoms. The topological polar surface area (TPSA) is 44.4 Å². The van der Waals surface area contributed by atoms with Gasteiger partial charge < -0.3 is 15.5 Å². The van der Waals surface area contributed by atoms with Crippen molar-refractivity contribution in [3.8, 4) is 0 Å². The standard InChI is InChI=1S/C12H12BrClF3N3O/c13-7-5-8(12(15,16)17)10(9(14)6-7)19-11(21)20-3-1-18-2-4-20/h5-6,18H,1-4H2,(H,19,21). The van der Waals surface area contributed by atoms with E-state index in [2.05, 4.69) is 26.6 Å². The summed E-state index contributed by atoms with van der Waals surface area (Å²) in [5.41, 5.74) is -1.40. The highest BCUT2D eigenvalue weighted by Gasteiger charge is 2.36. The molecule has 0 spiro atoms. The predicted molar refractivity (Wildman–Crippen MR) is 77.6 cm³/mol. The van der Waals surface area contributed by atoms with Crippen molar-refractivity contribution in [3.63, 3.8) is 0 Å². The first-order chi connectivity index (χ1) is 9.79. The van der Waals surface area contributed by atoms with E-state index in [1.54, 1.807) is 0 Å². The highest BCUT2D eigenvalue weighted by Crippen LogP contribution is 2.40. The Balaban J connectivity index is 2.28. The second-order valence-corrected chi connectivity index (χ2v) is 5.80. The summed E-state index contributed by atoms with van der Waals surface area (Å²) < 4.78 is 39.3. The average Bonchev–Trinajstić information content (AvgIpc) is 2.41. The Morgan fingerprint density at radius 3 is 2.52 bits per heavy atom. The minimum atomic E-state index is -4.61. The van der Waals surface area contributed by atoms with Gasteiger partial charge in [-0.3, -0.25) is 0 Å². The summed E-state index contributed by atoms with van der Waals surface area (Å²) in [4.78, 5) is 13.5. The number of carbonyl (C=O) groups excluding carboxylic acids is 1. The molecule has 0 aromatic heterocycles. The van der Waals surface area contributed by atoms with Gasteiger partial charge in [-0.1, -0.05) is 27.5 Å². The SMILES string of the molecule is O=C(Nc1c(Cl)cc(Br)cc1C(F)(F)F)N1CCNCC1. The number of anilines is 1. The number of piperazine rings is 1. The van der Waals surface area contributed by atoms with Gasteiger partial charge in [-0.05, 0) is 12.1 Å². The van der Waals surface area contributed by atoms with Crippen LogP contribution in [-0.2, 0) is 6.18 Å². The van der Waals surface area contributed by atoms with Crippen LogP contribution in [0.3, 0.4) is 0 Å². The lowest BCUT2D eigenvalue weighted by Gasteiger charge is -2.28. The highest BCUT2D eigenvalue weighted by molar-refractivity contribution is 9.10. The van der Waals surface area contributed by atoms with Gasteiger partial charge in [0.2, 0.25) is 0 Å². The van der Waals surface area contributed by atoms with Crippen molar-refractivity contribution in [2.45, 2.75) is 6.18 Å². The molecule has 1 aromatic carbocycles. The fourth-order valence-corrected chi connectivity index (χ4v) is 2.83. The molecule has 116 valence electrons. The Kier molecular flexibility index (Phi) is 5.00. The third-order valence-electron chi connectivity index (χ3n) is 3.00. The van der Waals surface area contributed by atoms with E-state index in [4.69, 9.17) is 11.6 Å². The zero-order chi connectivity index (χ0) is 15.6. The minimum absolute atomic E-state index is 0.166. The molecule has 2 N–H and O–H groups in total. The van der Waals surface area contributed by atoms with E-state index in [0.29, 0.717) is 26.2 Å². The summed E-state index contributed by atoms with van der Waals surface area (Å²) in [5, 5.41) is 5.16. The lowest BCUT2D eigenvalue weighted by atomic mass is 10.1. The molecule has 2 amide bonds. The number of rotatable bonds is 1. The van der Waals surface area contributed by atoms with E-state index < -0.39 is 23.5 Å². The van der Waals surface area contributed by atoms with Crippen LogP contribution in [0.25, 0.3) is 0 Å². The molecule has 0 saturated carbocycles. The van der Waals surface area contributed by atoms with Crippen LogP contribution >= 0.6 is 27.5 Å². The van der Waals surface area contributed by atoms with Crippen molar-refractivity contribution >= 4 is 39.2 Å². The number of urea groups is 1. The maximum absolute atomic E-state index is 13.0. The Morgan fingerprint density at radius 2 is 1.95 bits per heavy atom. The summed E-state index contributed by atoms with van der Waals surface area (Å²) in [6.07, 6.45) is -4.61. The first-order valence-electron chi connectivity index (χ1n) is 6.12. The number of halogens is 5. The third-order valence-corrected chi connectivity index (χ3v) is 3.75. The van der Waals surface area contributed by atoms with Crippen LogP contribution in [0.2, 0.25) is 5.02 Å². The van der Waals surface area contributed by atoms with Gasteiger partial charge in [0, 0.05) is 30.7 Å². The molecule has 9 heteroatoms. The van der Waals surface area contributed by atoms with E-state index in [-0.39, 0.29) is 9.50 Å². The first-order valence-corrected chi connectivity index (χ1v) is 7.29. The summed E-state index contributed by atoms with van der Waals surface area (Å²) in [5.74, 6) is 0. The molecule has 1 heterocycles. The van der Waals surface area contributed by atoms with E-state index in [9.17, 15) is 18.0 Å². The third kappa shape index (κ3) is 4.02. The molecule has 0 radical (unpaired) electrons. The number of amides is 2. The second kappa shape index (κ2) is 6.41. The number of nitrogens with zero attached hydrogens (tertiary/aromatic N) is 1. The first kappa shape index (κ1) is 16.4. The summed E-state index contributed by atoms with van der Waals surface area (Å²) >= 11 is 8.81. The summed E-state index contributed by atoms with van der Waals surface area (Å²) in [6, 6.07) is 1.61. The normalized spacial score (nSPS) is 16.0. The maximum atomic E-state index is 13.0. The Bertz CT molecular complexity index is 547. The number of carbonyl (C=O) groups is 1. The Morgan fingerprint density at radius 1 is 1.33 bits per heavy atom. The zero-order valence-electron chi connectivity index (χ0n) is 10.7. The molecule has 4 nitrogen and oxygen atoms in total. The average molecular weight is 387 g/mol. The van der Waals surface area contributed by atoms with Gasteiger partial charge in [-0.25, -0.2) is 4.79 Å². The van der Waals surface area contributed by atoms with Gasteiger partial charge in [-0.2, -0.15) is 13.2 Å². The molecule has 21 heavy (non-hydrogen) atoms. The van der Waals surface area contributed by atoms with Crippen LogP contribution in [0.15, 0.2) is 16.6 Å². The van der Waals surface area contributed by atoms with E-state index in [1.807, 2.05) is 0 Å². The lowest BCUT2D eigenvalue weighted by molar-refractivity contribution is -0.137.